The lowest BCUT2D eigenvalue weighted by Crippen LogP contribution is -2.40. The highest BCUT2D eigenvalue weighted by Crippen LogP contribution is 2.30. The van der Waals surface area contributed by atoms with Crippen molar-refractivity contribution in [2.45, 2.75) is 101 Å². The fourth-order valence-corrected chi connectivity index (χ4v) is 2.78. The summed E-state index contributed by atoms with van der Waals surface area (Å²) in [5, 5.41) is 0. The van der Waals surface area contributed by atoms with E-state index in [1.807, 2.05) is 41.5 Å². The van der Waals surface area contributed by atoms with Gasteiger partial charge in [0.25, 0.3) is 0 Å². The molecule has 0 radical (unpaired) electrons. The fraction of sp³-hybridized carbons (Fsp3) is 0.667. The Balaban J connectivity index is 3.00. The molecule has 0 aliphatic rings. The first-order valence-electron chi connectivity index (χ1n) is 13.6. The molecule has 0 saturated carbocycles. The number of nitrogens with two attached hydrogens (primary N) is 1. The summed E-state index contributed by atoms with van der Waals surface area (Å²) >= 11 is 0. The van der Waals surface area contributed by atoms with E-state index in [0.717, 1.165) is 0 Å². The van der Waals surface area contributed by atoms with Crippen molar-refractivity contribution in [3.8, 4) is 11.5 Å². The van der Waals surface area contributed by atoms with Crippen LogP contribution in [0.25, 0.3) is 0 Å². The van der Waals surface area contributed by atoms with Crippen LogP contribution in [0.4, 0.5) is 9.59 Å². The van der Waals surface area contributed by atoms with Crippen LogP contribution in [0.3, 0.4) is 0 Å². The minimum absolute atomic E-state index is 0.00383. The monoisotopic (exact) mass is 581 g/mol. The molecule has 2 N–H and O–H groups in total. The summed E-state index contributed by atoms with van der Waals surface area (Å²) in [5.74, 6) is -1.34. The van der Waals surface area contributed by atoms with Gasteiger partial charge in [-0.25, -0.2) is 9.59 Å². The van der Waals surface area contributed by atoms with Crippen LogP contribution in [0.5, 0.6) is 11.5 Å². The maximum Gasteiger partial charge on any atom is 0.513 e. The minimum atomic E-state index is -1.09. The molecule has 3 atom stereocenters. The summed E-state index contributed by atoms with van der Waals surface area (Å²) in [7, 11) is 0. The van der Waals surface area contributed by atoms with E-state index in [4.69, 9.17) is 34.2 Å². The molecular formula is C30H47NO10. The number of hydrogen-bond acceptors (Lipinski definition) is 11. The van der Waals surface area contributed by atoms with E-state index in [-0.39, 0.29) is 42.0 Å². The molecule has 0 bridgehead atoms. The van der Waals surface area contributed by atoms with Gasteiger partial charge in [-0.05, 0) is 69.6 Å². The van der Waals surface area contributed by atoms with Gasteiger partial charge in [0, 0.05) is 0 Å². The van der Waals surface area contributed by atoms with Crippen molar-refractivity contribution >= 4 is 24.2 Å². The highest BCUT2D eigenvalue weighted by atomic mass is 16.7. The molecule has 0 saturated heterocycles. The van der Waals surface area contributed by atoms with E-state index >= 15 is 0 Å². The summed E-state index contributed by atoms with van der Waals surface area (Å²) in [6, 6.07) is 3.28. The molecule has 0 heterocycles. The van der Waals surface area contributed by atoms with Gasteiger partial charge in [-0.1, -0.05) is 47.6 Å². The highest BCUT2D eigenvalue weighted by Gasteiger charge is 2.29. The largest absolute Gasteiger partial charge is 0.513 e. The molecule has 0 aromatic heterocycles. The zero-order chi connectivity index (χ0) is 31.8. The Morgan fingerprint density at radius 2 is 1.20 bits per heavy atom. The number of benzene rings is 1. The molecule has 1 rings (SSSR count). The lowest BCUT2D eigenvalue weighted by atomic mass is 9.97. The molecule has 0 aliphatic heterocycles. The summed E-state index contributed by atoms with van der Waals surface area (Å²) in [4.78, 5) is 49.4. The maximum atomic E-state index is 12.7. The van der Waals surface area contributed by atoms with Gasteiger partial charge in [0.15, 0.2) is 11.5 Å². The van der Waals surface area contributed by atoms with Crippen molar-refractivity contribution in [1.29, 1.82) is 0 Å². The number of ether oxygens (including phenoxy) is 6. The molecule has 41 heavy (non-hydrogen) atoms. The number of carbonyl (C=O) groups is 4. The van der Waals surface area contributed by atoms with Gasteiger partial charge in [-0.15, -0.1) is 0 Å². The Morgan fingerprint density at radius 3 is 1.66 bits per heavy atom. The van der Waals surface area contributed by atoms with Crippen LogP contribution in [0.15, 0.2) is 18.2 Å². The van der Waals surface area contributed by atoms with Crippen molar-refractivity contribution in [2.75, 3.05) is 13.2 Å². The van der Waals surface area contributed by atoms with Crippen molar-refractivity contribution < 1.29 is 47.6 Å². The van der Waals surface area contributed by atoms with Crippen LogP contribution in [0.2, 0.25) is 0 Å². The number of esters is 2. The van der Waals surface area contributed by atoms with Gasteiger partial charge in [-0.3, -0.25) is 9.59 Å². The van der Waals surface area contributed by atoms with Gasteiger partial charge < -0.3 is 34.2 Å². The summed E-state index contributed by atoms with van der Waals surface area (Å²) in [6.07, 6.45) is -3.40. The Morgan fingerprint density at radius 1 is 0.732 bits per heavy atom. The standard InChI is InChI=1S/C30H47NO10/c1-18(19(2)39-25(33)30(9,10)11)38-24(32)21(31)14-20-12-13-22(40-26(34)36-16-28(3,4)5)23(15-20)41-27(35)37-17-29(6,7)8/h12-13,15,18-19,21H,14,16-17,31H2,1-11H3/t18-,19?,21-/m0/s1. The van der Waals surface area contributed by atoms with Gasteiger partial charge in [-0.2, -0.15) is 0 Å². The molecule has 1 unspecified atom stereocenters. The number of carbonyl (C=O) groups excluding carboxylic acids is 4. The molecule has 11 nitrogen and oxygen atoms in total. The topological polar surface area (TPSA) is 150 Å². The van der Waals surface area contributed by atoms with Crippen LogP contribution in [-0.4, -0.2) is 55.7 Å². The van der Waals surface area contributed by atoms with Gasteiger partial charge >= 0.3 is 24.2 Å². The Bertz CT molecular complexity index is 1060. The van der Waals surface area contributed by atoms with Gasteiger partial charge in [0.2, 0.25) is 0 Å². The Labute approximate surface area is 243 Å². The first-order valence-corrected chi connectivity index (χ1v) is 13.6. The van der Waals surface area contributed by atoms with Crippen molar-refractivity contribution in [3.63, 3.8) is 0 Å². The molecule has 0 spiro atoms. The zero-order valence-corrected chi connectivity index (χ0v) is 26.2. The molecule has 11 heteroatoms. The number of rotatable bonds is 10. The molecule has 232 valence electrons. The summed E-state index contributed by atoms with van der Waals surface area (Å²) in [5.41, 5.74) is 5.30. The molecule has 0 amide bonds. The maximum absolute atomic E-state index is 12.7. The summed E-state index contributed by atoms with van der Waals surface area (Å²) in [6.45, 7) is 19.9. The minimum Gasteiger partial charge on any atom is -0.458 e. The van der Waals surface area contributed by atoms with E-state index in [9.17, 15) is 19.2 Å². The van der Waals surface area contributed by atoms with Gasteiger partial charge in [0.1, 0.15) is 18.2 Å². The van der Waals surface area contributed by atoms with E-state index in [0.29, 0.717) is 5.56 Å². The second-order valence-electron chi connectivity index (χ2n) is 13.5. The molecular weight excluding hydrogens is 534 g/mol. The number of hydrogen-bond donors (Lipinski definition) is 1. The molecule has 1 aromatic rings. The predicted octanol–water partition coefficient (Wildman–Crippen LogP) is 5.59. The van der Waals surface area contributed by atoms with Crippen LogP contribution in [-0.2, 0) is 35.0 Å². The van der Waals surface area contributed by atoms with Crippen LogP contribution >= 0.6 is 0 Å². The Kier molecular flexibility index (Phi) is 12.6. The van der Waals surface area contributed by atoms with Gasteiger partial charge in [0.05, 0.1) is 18.6 Å². The third-order valence-electron chi connectivity index (χ3n) is 5.27. The van der Waals surface area contributed by atoms with E-state index in [1.165, 1.54) is 12.1 Å². The smallest absolute Gasteiger partial charge is 0.458 e. The second kappa shape index (κ2) is 14.5. The summed E-state index contributed by atoms with van der Waals surface area (Å²) < 4.78 is 31.7. The van der Waals surface area contributed by atoms with E-state index in [2.05, 4.69) is 0 Å². The van der Waals surface area contributed by atoms with E-state index in [1.54, 1.807) is 40.7 Å². The van der Waals surface area contributed by atoms with Crippen LogP contribution in [0.1, 0.15) is 81.7 Å². The third-order valence-corrected chi connectivity index (χ3v) is 5.27. The average Bonchev–Trinajstić information content (AvgIpc) is 2.81. The molecule has 0 aliphatic carbocycles. The normalized spacial score (nSPS) is 14.2. The average molecular weight is 582 g/mol. The Hall–Kier alpha value is -3.34. The van der Waals surface area contributed by atoms with Crippen LogP contribution < -0.4 is 15.2 Å². The zero-order valence-electron chi connectivity index (χ0n) is 26.2. The van der Waals surface area contributed by atoms with E-state index < -0.39 is 47.9 Å². The SMILES string of the molecule is CC(OC(=O)C(C)(C)C)[C@H](C)OC(=O)[C@@H](N)Cc1ccc(OC(=O)OCC(C)(C)C)c(OC(=O)OCC(C)(C)C)c1. The first kappa shape index (κ1) is 35.7. The second-order valence-corrected chi connectivity index (χ2v) is 13.5. The molecule has 0 fully saturated rings. The highest BCUT2D eigenvalue weighted by molar-refractivity contribution is 5.77. The molecule has 1 aromatic carbocycles. The lowest BCUT2D eigenvalue weighted by Gasteiger charge is -2.25. The quantitative estimate of drug-likeness (QED) is 0.209. The lowest BCUT2D eigenvalue weighted by molar-refractivity contribution is -0.171. The first-order chi connectivity index (χ1) is 18.6. The fourth-order valence-electron chi connectivity index (χ4n) is 2.78. The van der Waals surface area contributed by atoms with Crippen molar-refractivity contribution in [1.82, 2.24) is 0 Å². The third kappa shape index (κ3) is 14.2. The van der Waals surface area contributed by atoms with Crippen molar-refractivity contribution in [2.24, 2.45) is 22.0 Å². The van der Waals surface area contributed by atoms with Crippen LogP contribution in [0, 0.1) is 16.2 Å². The predicted molar refractivity (Wildman–Crippen MR) is 152 cm³/mol. The van der Waals surface area contributed by atoms with Crippen molar-refractivity contribution in [3.05, 3.63) is 23.8 Å².